The van der Waals surface area contributed by atoms with Gasteiger partial charge in [0.1, 0.15) is 11.9 Å². The molecule has 1 atom stereocenters. The SMILES string of the molecule is CCCCc1nc(CNC(=O)CC[C@H](NC(C)=O)C(=O)O)nn1Cc1ccc(-c2ccccc2)c(-c2nn[nH]n2)c1. The number of amides is 2. The maximum atomic E-state index is 12.4. The molecular formula is C28H33N9O4. The number of aromatic amines is 1. The van der Waals surface area contributed by atoms with Crippen LogP contribution in [0.2, 0.25) is 0 Å². The Kier molecular flexibility index (Phi) is 9.86. The lowest BCUT2D eigenvalue weighted by Crippen LogP contribution is -2.40. The standard InChI is InChI=1S/C28H33N9O4/c1-3-4-10-25-31-24(16-29-26(39)14-13-23(28(40)41)30-18(2)38)34-37(25)17-19-11-12-21(20-8-6-5-7-9-20)22(15-19)27-32-35-36-33-27/h5-9,11-12,15,23H,3-4,10,13-14,16-17H2,1-2H3,(H,29,39)(H,30,38)(H,40,41)(H,32,33,35,36)/t23-/m0/s1. The number of aromatic nitrogens is 7. The number of unbranched alkanes of at least 4 members (excludes halogenated alkanes) is 1. The van der Waals surface area contributed by atoms with Crippen molar-refractivity contribution in [1.82, 2.24) is 46.0 Å². The van der Waals surface area contributed by atoms with E-state index in [2.05, 4.69) is 48.3 Å². The molecule has 0 aliphatic rings. The Labute approximate surface area is 236 Å². The fraction of sp³-hybridized carbons (Fsp3) is 0.357. The third-order valence-electron chi connectivity index (χ3n) is 6.41. The van der Waals surface area contributed by atoms with Gasteiger partial charge >= 0.3 is 5.97 Å². The summed E-state index contributed by atoms with van der Waals surface area (Å²) in [5.74, 6) is -0.252. The van der Waals surface area contributed by atoms with Crippen LogP contribution in [0, 0.1) is 0 Å². The number of benzene rings is 2. The molecule has 2 aromatic heterocycles. The van der Waals surface area contributed by atoms with E-state index in [0.29, 0.717) is 18.2 Å². The summed E-state index contributed by atoms with van der Waals surface area (Å²) in [6.45, 7) is 3.89. The van der Waals surface area contributed by atoms with E-state index in [4.69, 9.17) is 0 Å². The van der Waals surface area contributed by atoms with Crippen molar-refractivity contribution in [3.8, 4) is 22.5 Å². The van der Waals surface area contributed by atoms with Crippen molar-refractivity contribution in [3.63, 3.8) is 0 Å². The molecule has 0 saturated heterocycles. The summed E-state index contributed by atoms with van der Waals surface area (Å²) in [5.41, 5.74) is 3.82. The molecule has 13 nitrogen and oxygen atoms in total. The van der Waals surface area contributed by atoms with Gasteiger partial charge in [-0.25, -0.2) is 14.5 Å². The van der Waals surface area contributed by atoms with Gasteiger partial charge in [-0.2, -0.15) is 10.3 Å². The predicted molar refractivity (Wildman–Crippen MR) is 149 cm³/mol. The minimum atomic E-state index is -1.19. The zero-order valence-corrected chi connectivity index (χ0v) is 23.0. The molecule has 4 N–H and O–H groups in total. The van der Waals surface area contributed by atoms with Crippen molar-refractivity contribution in [1.29, 1.82) is 0 Å². The molecule has 2 aromatic carbocycles. The van der Waals surface area contributed by atoms with Crippen LogP contribution in [0.3, 0.4) is 0 Å². The second-order valence-electron chi connectivity index (χ2n) is 9.59. The van der Waals surface area contributed by atoms with E-state index in [1.54, 1.807) is 0 Å². The fourth-order valence-electron chi connectivity index (χ4n) is 4.38. The molecule has 0 fully saturated rings. The number of carboxylic acid groups (broad SMARTS) is 1. The van der Waals surface area contributed by atoms with Crippen LogP contribution in [0.1, 0.15) is 56.7 Å². The third kappa shape index (κ3) is 8.03. The second-order valence-corrected chi connectivity index (χ2v) is 9.59. The van der Waals surface area contributed by atoms with Crippen LogP contribution in [0.4, 0.5) is 0 Å². The van der Waals surface area contributed by atoms with Crippen molar-refractivity contribution in [2.75, 3.05) is 0 Å². The van der Waals surface area contributed by atoms with Gasteiger partial charge in [-0.3, -0.25) is 9.59 Å². The first-order valence-electron chi connectivity index (χ1n) is 13.5. The van der Waals surface area contributed by atoms with Crippen LogP contribution in [0.15, 0.2) is 48.5 Å². The van der Waals surface area contributed by atoms with Gasteiger partial charge < -0.3 is 15.7 Å². The summed E-state index contributed by atoms with van der Waals surface area (Å²) in [5, 5.41) is 33.6. The quantitative estimate of drug-likeness (QED) is 0.180. The third-order valence-corrected chi connectivity index (χ3v) is 6.41. The number of aliphatic carboxylic acids is 1. The Bertz CT molecular complexity index is 1470. The van der Waals surface area contributed by atoms with E-state index in [9.17, 15) is 19.5 Å². The molecule has 41 heavy (non-hydrogen) atoms. The normalized spacial score (nSPS) is 11.7. The first kappa shape index (κ1) is 29.1. The maximum absolute atomic E-state index is 12.4. The minimum absolute atomic E-state index is 0.0218. The Morgan fingerprint density at radius 1 is 1.10 bits per heavy atom. The number of hydrogen-bond donors (Lipinski definition) is 4. The lowest BCUT2D eigenvalue weighted by atomic mass is 9.97. The zero-order chi connectivity index (χ0) is 29.2. The van der Waals surface area contributed by atoms with E-state index in [0.717, 1.165) is 47.3 Å². The van der Waals surface area contributed by atoms with Crippen LogP contribution >= 0.6 is 0 Å². The minimum Gasteiger partial charge on any atom is -0.480 e. The average molecular weight is 560 g/mol. The summed E-state index contributed by atoms with van der Waals surface area (Å²) >= 11 is 0. The van der Waals surface area contributed by atoms with Gasteiger partial charge in [-0.1, -0.05) is 55.8 Å². The number of carbonyl (C=O) groups excluding carboxylic acids is 2. The highest BCUT2D eigenvalue weighted by Gasteiger charge is 2.20. The number of rotatable bonds is 14. The molecule has 4 rings (SSSR count). The molecule has 2 heterocycles. The van der Waals surface area contributed by atoms with Crippen molar-refractivity contribution in [2.24, 2.45) is 0 Å². The second kappa shape index (κ2) is 13.9. The van der Waals surface area contributed by atoms with Gasteiger partial charge in [-0.05, 0) is 40.8 Å². The number of carboxylic acids is 1. The summed E-state index contributed by atoms with van der Waals surface area (Å²) in [6.07, 6.45) is 2.57. The van der Waals surface area contributed by atoms with E-state index < -0.39 is 17.9 Å². The topological polar surface area (TPSA) is 181 Å². The van der Waals surface area contributed by atoms with Crippen molar-refractivity contribution in [2.45, 2.75) is 65.1 Å². The van der Waals surface area contributed by atoms with Crippen molar-refractivity contribution < 1.29 is 19.5 Å². The highest BCUT2D eigenvalue weighted by molar-refractivity contribution is 5.83. The Morgan fingerprint density at radius 3 is 2.59 bits per heavy atom. The highest BCUT2D eigenvalue weighted by atomic mass is 16.4. The Balaban J connectivity index is 1.49. The van der Waals surface area contributed by atoms with Crippen LogP contribution < -0.4 is 10.6 Å². The summed E-state index contributed by atoms with van der Waals surface area (Å²) in [7, 11) is 0. The van der Waals surface area contributed by atoms with Crippen molar-refractivity contribution in [3.05, 3.63) is 65.7 Å². The maximum Gasteiger partial charge on any atom is 0.326 e. The molecular weight excluding hydrogens is 526 g/mol. The number of nitrogens with zero attached hydrogens (tertiary/aromatic N) is 6. The molecule has 4 aromatic rings. The number of aryl methyl sites for hydroxylation is 1. The molecule has 214 valence electrons. The van der Waals surface area contributed by atoms with Gasteiger partial charge in [0.15, 0.2) is 5.82 Å². The van der Waals surface area contributed by atoms with E-state index >= 15 is 0 Å². The van der Waals surface area contributed by atoms with Crippen LogP contribution in [0.25, 0.3) is 22.5 Å². The summed E-state index contributed by atoms with van der Waals surface area (Å²) < 4.78 is 1.84. The highest BCUT2D eigenvalue weighted by Crippen LogP contribution is 2.31. The number of tetrazole rings is 1. The lowest BCUT2D eigenvalue weighted by molar-refractivity contribution is -0.141. The molecule has 0 aliphatic carbocycles. The number of H-pyrrole nitrogens is 1. The molecule has 0 unspecified atom stereocenters. The zero-order valence-electron chi connectivity index (χ0n) is 23.0. The van der Waals surface area contributed by atoms with Gasteiger partial charge in [0.2, 0.25) is 17.6 Å². The number of carbonyl (C=O) groups is 3. The molecule has 0 spiro atoms. The van der Waals surface area contributed by atoms with Crippen LogP contribution in [-0.2, 0) is 33.9 Å². The first-order valence-corrected chi connectivity index (χ1v) is 13.5. The monoisotopic (exact) mass is 559 g/mol. The average Bonchev–Trinajstić information content (AvgIpc) is 3.63. The number of nitrogens with one attached hydrogen (secondary N) is 3. The number of hydrogen-bond acceptors (Lipinski definition) is 8. The molecule has 0 aliphatic heterocycles. The lowest BCUT2D eigenvalue weighted by Gasteiger charge is -2.12. The summed E-state index contributed by atoms with van der Waals surface area (Å²) in [6, 6.07) is 14.9. The molecule has 13 heteroatoms. The van der Waals surface area contributed by atoms with E-state index in [-0.39, 0.29) is 25.3 Å². The summed E-state index contributed by atoms with van der Waals surface area (Å²) in [4.78, 5) is 39.6. The van der Waals surface area contributed by atoms with Crippen LogP contribution in [-0.4, -0.2) is 64.3 Å². The fourth-order valence-corrected chi connectivity index (χ4v) is 4.38. The largest absolute Gasteiger partial charge is 0.480 e. The molecule has 0 bridgehead atoms. The van der Waals surface area contributed by atoms with Gasteiger partial charge in [-0.15, -0.1) is 10.2 Å². The van der Waals surface area contributed by atoms with Gasteiger partial charge in [0, 0.05) is 25.3 Å². The first-order chi connectivity index (χ1) is 19.8. The Hall–Kier alpha value is -4.94. The van der Waals surface area contributed by atoms with E-state index in [1.165, 1.54) is 6.92 Å². The van der Waals surface area contributed by atoms with Gasteiger partial charge in [0.25, 0.3) is 0 Å². The molecule has 2 amide bonds. The van der Waals surface area contributed by atoms with Crippen LogP contribution in [0.5, 0.6) is 0 Å². The van der Waals surface area contributed by atoms with E-state index in [1.807, 2.05) is 53.2 Å². The smallest absolute Gasteiger partial charge is 0.326 e. The van der Waals surface area contributed by atoms with Gasteiger partial charge in [0.05, 0.1) is 13.1 Å². The van der Waals surface area contributed by atoms with Crippen molar-refractivity contribution >= 4 is 17.8 Å². The molecule has 0 radical (unpaired) electrons. The molecule has 0 saturated carbocycles. The predicted octanol–water partition coefficient (Wildman–Crippen LogP) is 2.50. The Morgan fingerprint density at radius 2 is 1.90 bits per heavy atom.